The SMILES string of the molecule is Cc1cccc(C(C)(C)C(=O)NCc2nnnn2-c2ccc(F)cc2)c1. The minimum atomic E-state index is -0.694. The number of rotatable bonds is 5. The lowest BCUT2D eigenvalue weighted by atomic mass is 9.83. The van der Waals surface area contributed by atoms with E-state index in [0.29, 0.717) is 11.5 Å². The highest BCUT2D eigenvalue weighted by molar-refractivity contribution is 5.87. The number of halogens is 1. The lowest BCUT2D eigenvalue weighted by Crippen LogP contribution is -2.40. The van der Waals surface area contributed by atoms with Crippen molar-refractivity contribution in [2.45, 2.75) is 32.7 Å². The van der Waals surface area contributed by atoms with Crippen LogP contribution in [0.4, 0.5) is 4.39 Å². The van der Waals surface area contributed by atoms with E-state index >= 15 is 0 Å². The van der Waals surface area contributed by atoms with Crippen molar-refractivity contribution in [3.8, 4) is 5.69 Å². The zero-order valence-electron chi connectivity index (χ0n) is 14.9. The molecule has 3 aromatic rings. The maximum Gasteiger partial charge on any atom is 0.230 e. The first-order valence-corrected chi connectivity index (χ1v) is 8.26. The normalized spacial score (nSPS) is 11.4. The second kappa shape index (κ2) is 7.03. The van der Waals surface area contributed by atoms with Crippen LogP contribution in [-0.2, 0) is 16.8 Å². The van der Waals surface area contributed by atoms with E-state index in [2.05, 4.69) is 20.8 Å². The molecule has 0 spiro atoms. The lowest BCUT2D eigenvalue weighted by molar-refractivity contribution is -0.125. The van der Waals surface area contributed by atoms with Crippen molar-refractivity contribution in [1.29, 1.82) is 0 Å². The molecule has 134 valence electrons. The summed E-state index contributed by atoms with van der Waals surface area (Å²) in [6, 6.07) is 13.7. The van der Waals surface area contributed by atoms with Crippen molar-refractivity contribution >= 4 is 5.91 Å². The summed E-state index contributed by atoms with van der Waals surface area (Å²) >= 11 is 0. The van der Waals surface area contributed by atoms with Crippen molar-refractivity contribution < 1.29 is 9.18 Å². The van der Waals surface area contributed by atoms with Crippen LogP contribution in [-0.4, -0.2) is 26.1 Å². The van der Waals surface area contributed by atoms with Gasteiger partial charge in [0.25, 0.3) is 0 Å². The van der Waals surface area contributed by atoms with E-state index in [1.807, 2.05) is 45.0 Å². The van der Waals surface area contributed by atoms with E-state index in [0.717, 1.165) is 11.1 Å². The second-order valence-electron chi connectivity index (χ2n) is 6.66. The average molecular weight is 353 g/mol. The third kappa shape index (κ3) is 3.61. The number of hydrogen-bond donors (Lipinski definition) is 1. The summed E-state index contributed by atoms with van der Waals surface area (Å²) in [5.74, 6) is -0.00154. The van der Waals surface area contributed by atoms with Crippen molar-refractivity contribution in [2.75, 3.05) is 0 Å². The van der Waals surface area contributed by atoms with E-state index in [9.17, 15) is 9.18 Å². The molecule has 0 aliphatic rings. The Morgan fingerprint density at radius 3 is 2.62 bits per heavy atom. The highest BCUT2D eigenvalue weighted by Crippen LogP contribution is 2.24. The summed E-state index contributed by atoms with van der Waals surface area (Å²) in [7, 11) is 0. The van der Waals surface area contributed by atoms with Crippen LogP contribution in [0.2, 0.25) is 0 Å². The predicted molar refractivity (Wildman–Crippen MR) is 95.2 cm³/mol. The molecule has 0 aliphatic heterocycles. The van der Waals surface area contributed by atoms with Crippen molar-refractivity contribution in [1.82, 2.24) is 25.5 Å². The van der Waals surface area contributed by atoms with Gasteiger partial charge in [-0.2, -0.15) is 4.68 Å². The summed E-state index contributed by atoms with van der Waals surface area (Å²) < 4.78 is 14.6. The van der Waals surface area contributed by atoms with Crippen LogP contribution in [0.3, 0.4) is 0 Å². The smallest absolute Gasteiger partial charge is 0.230 e. The molecule has 1 heterocycles. The minimum absolute atomic E-state index is 0.128. The molecular formula is C19H20FN5O. The Hall–Kier alpha value is -3.09. The molecule has 1 amide bonds. The molecule has 0 saturated heterocycles. The second-order valence-corrected chi connectivity index (χ2v) is 6.66. The molecule has 0 bridgehead atoms. The van der Waals surface area contributed by atoms with Crippen LogP contribution in [0, 0.1) is 12.7 Å². The van der Waals surface area contributed by atoms with E-state index in [1.54, 1.807) is 12.1 Å². The van der Waals surface area contributed by atoms with E-state index in [4.69, 9.17) is 0 Å². The number of benzene rings is 2. The highest BCUT2D eigenvalue weighted by Gasteiger charge is 2.30. The Kier molecular flexibility index (Phi) is 4.79. The Morgan fingerprint density at radius 2 is 1.92 bits per heavy atom. The Balaban J connectivity index is 1.74. The number of amides is 1. The first-order valence-electron chi connectivity index (χ1n) is 8.26. The molecular weight excluding hydrogens is 333 g/mol. The first kappa shape index (κ1) is 17.7. The van der Waals surface area contributed by atoms with Gasteiger partial charge in [-0.25, -0.2) is 4.39 Å². The topological polar surface area (TPSA) is 72.7 Å². The molecule has 0 saturated carbocycles. The van der Waals surface area contributed by atoms with Gasteiger partial charge in [0.2, 0.25) is 5.91 Å². The number of hydrogen-bond acceptors (Lipinski definition) is 4. The van der Waals surface area contributed by atoms with Gasteiger partial charge in [0.15, 0.2) is 5.82 Å². The molecule has 0 aliphatic carbocycles. The quantitative estimate of drug-likeness (QED) is 0.765. The fourth-order valence-electron chi connectivity index (χ4n) is 2.64. The minimum Gasteiger partial charge on any atom is -0.348 e. The van der Waals surface area contributed by atoms with E-state index < -0.39 is 5.41 Å². The predicted octanol–water partition coefficient (Wildman–Crippen LogP) is 2.70. The van der Waals surface area contributed by atoms with Crippen LogP contribution in [0.15, 0.2) is 48.5 Å². The van der Waals surface area contributed by atoms with E-state index in [1.165, 1.54) is 16.8 Å². The Labute approximate surface area is 151 Å². The molecule has 3 rings (SSSR count). The fraction of sp³-hybridized carbons (Fsp3) is 0.263. The van der Waals surface area contributed by atoms with Gasteiger partial charge >= 0.3 is 0 Å². The number of aryl methyl sites for hydroxylation is 1. The van der Waals surface area contributed by atoms with Gasteiger partial charge in [-0.3, -0.25) is 4.79 Å². The number of aromatic nitrogens is 4. The van der Waals surface area contributed by atoms with Gasteiger partial charge in [-0.05, 0) is 61.0 Å². The van der Waals surface area contributed by atoms with Crippen LogP contribution in [0.25, 0.3) is 5.69 Å². The van der Waals surface area contributed by atoms with Crippen molar-refractivity contribution in [3.05, 3.63) is 71.3 Å². The lowest BCUT2D eigenvalue weighted by Gasteiger charge is -2.24. The average Bonchev–Trinajstić information content (AvgIpc) is 3.08. The van der Waals surface area contributed by atoms with Crippen LogP contribution in [0.1, 0.15) is 30.8 Å². The van der Waals surface area contributed by atoms with E-state index in [-0.39, 0.29) is 18.3 Å². The summed E-state index contributed by atoms with van der Waals surface area (Å²) in [5, 5.41) is 14.4. The van der Waals surface area contributed by atoms with Gasteiger partial charge in [-0.15, -0.1) is 5.10 Å². The van der Waals surface area contributed by atoms with Crippen LogP contribution >= 0.6 is 0 Å². The third-order valence-corrected chi connectivity index (χ3v) is 4.32. The van der Waals surface area contributed by atoms with Crippen LogP contribution < -0.4 is 5.32 Å². The number of carbonyl (C=O) groups is 1. The molecule has 26 heavy (non-hydrogen) atoms. The summed E-state index contributed by atoms with van der Waals surface area (Å²) in [5.41, 5.74) is 1.97. The van der Waals surface area contributed by atoms with Gasteiger partial charge in [0, 0.05) is 0 Å². The Morgan fingerprint density at radius 1 is 1.19 bits per heavy atom. The standard InChI is InChI=1S/C19H20FN5O/c1-13-5-4-6-14(11-13)19(2,3)18(26)21-12-17-22-23-24-25(17)16-9-7-15(20)8-10-16/h4-11H,12H2,1-3H3,(H,21,26). The van der Waals surface area contributed by atoms with Crippen molar-refractivity contribution in [2.24, 2.45) is 0 Å². The Bertz CT molecular complexity index is 918. The number of tetrazole rings is 1. The molecule has 0 unspecified atom stereocenters. The summed E-state index contributed by atoms with van der Waals surface area (Å²) in [6.45, 7) is 5.91. The molecule has 0 radical (unpaired) electrons. The highest BCUT2D eigenvalue weighted by atomic mass is 19.1. The molecule has 0 fully saturated rings. The maximum absolute atomic E-state index is 13.1. The zero-order chi connectivity index (χ0) is 18.7. The number of carbonyl (C=O) groups excluding carboxylic acids is 1. The third-order valence-electron chi connectivity index (χ3n) is 4.32. The number of nitrogens with one attached hydrogen (secondary N) is 1. The molecule has 0 atom stereocenters. The molecule has 1 N–H and O–H groups in total. The summed E-state index contributed by atoms with van der Waals surface area (Å²) in [6.07, 6.45) is 0. The van der Waals surface area contributed by atoms with Crippen LogP contribution in [0.5, 0.6) is 0 Å². The molecule has 2 aromatic carbocycles. The summed E-state index contributed by atoms with van der Waals surface area (Å²) in [4.78, 5) is 12.7. The van der Waals surface area contributed by atoms with Gasteiger partial charge in [0.05, 0.1) is 17.6 Å². The fourth-order valence-corrected chi connectivity index (χ4v) is 2.64. The molecule has 7 heteroatoms. The van der Waals surface area contributed by atoms with Gasteiger partial charge in [0.1, 0.15) is 5.82 Å². The molecule has 6 nitrogen and oxygen atoms in total. The monoisotopic (exact) mass is 353 g/mol. The van der Waals surface area contributed by atoms with Gasteiger partial charge < -0.3 is 5.32 Å². The first-order chi connectivity index (χ1) is 12.4. The maximum atomic E-state index is 13.1. The molecule has 1 aromatic heterocycles. The van der Waals surface area contributed by atoms with Gasteiger partial charge in [-0.1, -0.05) is 29.8 Å². The van der Waals surface area contributed by atoms with Crippen molar-refractivity contribution in [3.63, 3.8) is 0 Å². The zero-order valence-corrected chi connectivity index (χ0v) is 14.9. The number of nitrogens with zero attached hydrogens (tertiary/aromatic N) is 4. The largest absolute Gasteiger partial charge is 0.348 e.